The molecule has 2 amide bonds. The highest BCUT2D eigenvalue weighted by Gasteiger charge is 2.33. The van der Waals surface area contributed by atoms with Gasteiger partial charge in [0.2, 0.25) is 0 Å². The minimum atomic E-state index is -0.521. The summed E-state index contributed by atoms with van der Waals surface area (Å²) in [5.74, 6) is 0.0759. The van der Waals surface area contributed by atoms with Gasteiger partial charge in [0, 0.05) is 42.1 Å². The molecular weight excluding hydrogens is 570 g/mol. The zero-order valence-electron chi connectivity index (χ0n) is 22.3. The minimum absolute atomic E-state index is 0.0322. The number of carbonyl (C=O) groups is 2. The van der Waals surface area contributed by atoms with Gasteiger partial charge in [-0.3, -0.25) is 4.79 Å². The summed E-state index contributed by atoms with van der Waals surface area (Å²) in [7, 11) is 1.76. The zero-order chi connectivity index (χ0) is 27.6. The standard InChI is InChI=1S/C28H33BrClN5O3/c1-18-14-19(12-13-34(18)27(37)38-28(2,3)4)24-17-35(32-31-24)22-10-6-8-20(15-22)26(36)33(5)16-21-9-7-11-23(30)25(21)29/h6-11,15,17-19H,12-14,16H2,1-5H3. The van der Waals surface area contributed by atoms with Gasteiger partial charge in [-0.2, -0.15) is 0 Å². The lowest BCUT2D eigenvalue weighted by molar-refractivity contribution is 0.0102. The molecule has 202 valence electrons. The molecule has 1 saturated heterocycles. The van der Waals surface area contributed by atoms with E-state index < -0.39 is 5.60 Å². The highest BCUT2D eigenvalue weighted by atomic mass is 79.9. The molecule has 2 aromatic carbocycles. The Kier molecular flexibility index (Phi) is 8.47. The normalized spacial score (nSPS) is 17.8. The Morgan fingerprint density at radius 3 is 2.66 bits per heavy atom. The predicted octanol–water partition coefficient (Wildman–Crippen LogP) is 6.46. The summed E-state index contributed by atoms with van der Waals surface area (Å²) in [6, 6.07) is 13.0. The molecule has 10 heteroatoms. The minimum Gasteiger partial charge on any atom is -0.444 e. The van der Waals surface area contributed by atoms with E-state index in [0.29, 0.717) is 23.7 Å². The molecule has 1 aliphatic heterocycles. The second-order valence-electron chi connectivity index (χ2n) is 10.8. The lowest BCUT2D eigenvalue weighted by Crippen LogP contribution is -2.46. The van der Waals surface area contributed by atoms with Crippen LogP contribution >= 0.6 is 27.5 Å². The summed E-state index contributed by atoms with van der Waals surface area (Å²) in [6.45, 7) is 8.68. The summed E-state index contributed by atoms with van der Waals surface area (Å²) in [6.07, 6.45) is 3.20. The lowest BCUT2D eigenvalue weighted by Gasteiger charge is -2.37. The molecule has 0 spiro atoms. The Labute approximate surface area is 237 Å². The fourth-order valence-electron chi connectivity index (χ4n) is 4.62. The maximum absolute atomic E-state index is 13.2. The van der Waals surface area contributed by atoms with Crippen molar-refractivity contribution in [3.8, 4) is 5.69 Å². The molecule has 8 nitrogen and oxygen atoms in total. The number of hydrogen-bond donors (Lipinski definition) is 0. The van der Waals surface area contributed by atoms with Crippen LogP contribution in [0.15, 0.2) is 53.1 Å². The van der Waals surface area contributed by atoms with Crippen molar-refractivity contribution in [3.63, 3.8) is 0 Å². The number of halogens is 2. The number of aromatic nitrogens is 3. The lowest BCUT2D eigenvalue weighted by atomic mass is 9.89. The van der Waals surface area contributed by atoms with Crippen LogP contribution in [-0.2, 0) is 11.3 Å². The van der Waals surface area contributed by atoms with Crippen molar-refractivity contribution >= 4 is 39.5 Å². The van der Waals surface area contributed by atoms with Crippen LogP contribution < -0.4 is 0 Å². The van der Waals surface area contributed by atoms with Gasteiger partial charge in [0.15, 0.2) is 0 Å². The number of ether oxygens (including phenoxy) is 1. The van der Waals surface area contributed by atoms with Gasteiger partial charge in [0.1, 0.15) is 5.60 Å². The number of carbonyl (C=O) groups excluding carboxylic acids is 2. The van der Waals surface area contributed by atoms with Crippen molar-refractivity contribution in [3.05, 3.63) is 75.0 Å². The van der Waals surface area contributed by atoms with E-state index in [2.05, 4.69) is 26.2 Å². The first-order valence-electron chi connectivity index (χ1n) is 12.6. The highest BCUT2D eigenvalue weighted by Crippen LogP contribution is 2.32. The molecule has 1 aromatic heterocycles. The van der Waals surface area contributed by atoms with Crippen LogP contribution in [0.3, 0.4) is 0 Å². The van der Waals surface area contributed by atoms with Crippen LogP contribution in [0.5, 0.6) is 0 Å². The molecule has 4 rings (SSSR count). The smallest absolute Gasteiger partial charge is 0.410 e. The average molecular weight is 603 g/mol. The molecule has 1 aliphatic rings. The molecule has 0 N–H and O–H groups in total. The molecule has 2 atom stereocenters. The summed E-state index contributed by atoms with van der Waals surface area (Å²) in [5, 5.41) is 9.38. The van der Waals surface area contributed by atoms with E-state index in [1.165, 1.54) is 0 Å². The molecular formula is C28H33BrClN5O3. The first-order valence-corrected chi connectivity index (χ1v) is 13.8. The van der Waals surface area contributed by atoms with Crippen LogP contribution in [0.2, 0.25) is 5.02 Å². The molecule has 2 heterocycles. The van der Waals surface area contributed by atoms with Gasteiger partial charge >= 0.3 is 6.09 Å². The molecule has 1 fully saturated rings. The third-order valence-corrected chi connectivity index (χ3v) is 8.06. The Morgan fingerprint density at radius 1 is 1.21 bits per heavy atom. The molecule has 2 unspecified atom stereocenters. The van der Waals surface area contributed by atoms with Gasteiger partial charge < -0.3 is 14.5 Å². The predicted molar refractivity (Wildman–Crippen MR) is 151 cm³/mol. The van der Waals surface area contributed by atoms with E-state index in [4.69, 9.17) is 16.3 Å². The van der Waals surface area contributed by atoms with Gasteiger partial charge in [0.25, 0.3) is 5.91 Å². The van der Waals surface area contributed by atoms with Gasteiger partial charge in [-0.25, -0.2) is 9.48 Å². The largest absolute Gasteiger partial charge is 0.444 e. The summed E-state index contributed by atoms with van der Waals surface area (Å²) < 4.78 is 8.05. The fraction of sp³-hybridized carbons (Fsp3) is 0.429. The van der Waals surface area contributed by atoms with E-state index in [1.54, 1.807) is 33.7 Å². The van der Waals surface area contributed by atoms with Crippen molar-refractivity contribution in [2.75, 3.05) is 13.6 Å². The zero-order valence-corrected chi connectivity index (χ0v) is 24.7. The maximum Gasteiger partial charge on any atom is 0.410 e. The van der Waals surface area contributed by atoms with Crippen molar-refractivity contribution in [1.82, 2.24) is 24.8 Å². The van der Waals surface area contributed by atoms with Crippen LogP contribution in [0.4, 0.5) is 4.79 Å². The molecule has 0 bridgehead atoms. The fourth-order valence-corrected chi connectivity index (χ4v) is 5.21. The molecule has 0 aliphatic carbocycles. The molecule has 3 aromatic rings. The van der Waals surface area contributed by atoms with Gasteiger partial charge in [-0.15, -0.1) is 5.10 Å². The monoisotopic (exact) mass is 601 g/mol. The van der Waals surface area contributed by atoms with Crippen molar-refractivity contribution in [2.45, 2.75) is 64.6 Å². The van der Waals surface area contributed by atoms with Gasteiger partial charge in [-0.05, 0) is 86.3 Å². The number of amides is 2. The first kappa shape index (κ1) is 28.1. The molecule has 0 saturated carbocycles. The second kappa shape index (κ2) is 11.5. The van der Waals surface area contributed by atoms with E-state index in [0.717, 1.165) is 34.3 Å². The number of piperidine rings is 1. The SMILES string of the molecule is CC1CC(c2cn(-c3cccc(C(=O)N(C)Cc4cccc(Cl)c4Br)c3)nn2)CCN1C(=O)OC(C)(C)C. The van der Waals surface area contributed by atoms with E-state index in [1.807, 2.05) is 64.2 Å². The van der Waals surface area contributed by atoms with E-state index >= 15 is 0 Å². The van der Waals surface area contributed by atoms with Crippen molar-refractivity contribution in [1.29, 1.82) is 0 Å². The van der Waals surface area contributed by atoms with E-state index in [9.17, 15) is 9.59 Å². The third-order valence-electron chi connectivity index (χ3n) is 6.58. The highest BCUT2D eigenvalue weighted by molar-refractivity contribution is 9.10. The van der Waals surface area contributed by atoms with Crippen molar-refractivity contribution < 1.29 is 14.3 Å². The second-order valence-corrected chi connectivity index (χ2v) is 12.0. The summed E-state index contributed by atoms with van der Waals surface area (Å²) in [4.78, 5) is 29.2. The first-order chi connectivity index (χ1) is 17.9. The van der Waals surface area contributed by atoms with Crippen LogP contribution in [0.1, 0.15) is 68.1 Å². The maximum atomic E-state index is 13.2. The summed E-state index contributed by atoms with van der Waals surface area (Å²) in [5.41, 5.74) is 2.59. The Balaban J connectivity index is 1.43. The molecule has 38 heavy (non-hydrogen) atoms. The van der Waals surface area contributed by atoms with Gasteiger partial charge in [-0.1, -0.05) is 35.0 Å². The van der Waals surface area contributed by atoms with Crippen molar-refractivity contribution in [2.24, 2.45) is 0 Å². The number of rotatable bonds is 5. The topological polar surface area (TPSA) is 80.6 Å². The van der Waals surface area contributed by atoms with Gasteiger partial charge in [0.05, 0.1) is 22.6 Å². The number of likely N-dealkylation sites (tertiary alicyclic amines) is 1. The quantitative estimate of drug-likeness (QED) is 0.335. The Bertz CT molecular complexity index is 1320. The van der Waals surface area contributed by atoms with Crippen LogP contribution in [0, 0.1) is 0 Å². The Hall–Kier alpha value is -2.91. The average Bonchev–Trinajstić information content (AvgIpc) is 3.36. The van der Waals surface area contributed by atoms with Crippen LogP contribution in [0.25, 0.3) is 5.69 Å². The van der Waals surface area contributed by atoms with E-state index in [-0.39, 0.29) is 24.0 Å². The number of benzene rings is 2. The van der Waals surface area contributed by atoms with Crippen LogP contribution in [-0.4, -0.2) is 62.0 Å². The summed E-state index contributed by atoms with van der Waals surface area (Å²) >= 11 is 9.71. The Morgan fingerprint density at radius 2 is 1.95 bits per heavy atom. The molecule has 0 radical (unpaired) electrons. The number of hydrogen-bond acceptors (Lipinski definition) is 5. The third kappa shape index (κ3) is 6.56. The number of nitrogens with zero attached hydrogens (tertiary/aromatic N) is 5.